The van der Waals surface area contributed by atoms with Crippen molar-refractivity contribution in [1.82, 2.24) is 10.7 Å². The van der Waals surface area contributed by atoms with Crippen LogP contribution in [-0.2, 0) is 0 Å². The Morgan fingerprint density at radius 2 is 2.07 bits per heavy atom. The van der Waals surface area contributed by atoms with Crippen LogP contribution in [0.1, 0.15) is 40.0 Å². The fourth-order valence-electron chi connectivity index (χ4n) is 2.68. The molecule has 2 unspecified atom stereocenters. The minimum Gasteiger partial charge on any atom is -0.359 e. The Balaban J connectivity index is 2.50. The van der Waals surface area contributed by atoms with Gasteiger partial charge >= 0.3 is 0 Å². The molecule has 0 saturated heterocycles. The molecular weight excluding hydrogens is 194 g/mol. The molecule has 0 aromatic carbocycles. The monoisotopic (exact) mass is 215 g/mol. The van der Waals surface area contributed by atoms with Crippen LogP contribution in [0.15, 0.2) is 0 Å². The SMILES string of the molecule is CC1CC(NC(=S)NN)CC(C)(C)C1. The topological polar surface area (TPSA) is 50.1 Å². The molecule has 3 nitrogen and oxygen atoms in total. The van der Waals surface area contributed by atoms with Crippen molar-refractivity contribution < 1.29 is 0 Å². The van der Waals surface area contributed by atoms with Gasteiger partial charge in [-0.3, -0.25) is 0 Å². The van der Waals surface area contributed by atoms with Gasteiger partial charge in [-0.05, 0) is 42.8 Å². The first-order valence-corrected chi connectivity index (χ1v) is 5.61. The molecule has 0 spiro atoms. The van der Waals surface area contributed by atoms with E-state index in [1.165, 1.54) is 19.3 Å². The first kappa shape index (κ1) is 11.7. The summed E-state index contributed by atoms with van der Waals surface area (Å²) in [6, 6.07) is 0.470. The van der Waals surface area contributed by atoms with Gasteiger partial charge in [0.2, 0.25) is 0 Å². The van der Waals surface area contributed by atoms with Crippen LogP contribution in [0.5, 0.6) is 0 Å². The second kappa shape index (κ2) is 4.45. The number of hydrogen-bond acceptors (Lipinski definition) is 2. The molecule has 82 valence electrons. The van der Waals surface area contributed by atoms with Crippen LogP contribution in [0.3, 0.4) is 0 Å². The predicted octanol–water partition coefficient (Wildman–Crippen LogP) is 1.54. The van der Waals surface area contributed by atoms with E-state index in [2.05, 4.69) is 31.5 Å². The molecule has 4 heteroatoms. The maximum atomic E-state index is 5.24. The van der Waals surface area contributed by atoms with E-state index in [1.54, 1.807) is 0 Å². The van der Waals surface area contributed by atoms with Crippen molar-refractivity contribution in [1.29, 1.82) is 0 Å². The van der Waals surface area contributed by atoms with Gasteiger partial charge in [-0.25, -0.2) is 5.84 Å². The number of hydrazine groups is 1. The second-order valence-electron chi connectivity index (χ2n) is 5.23. The van der Waals surface area contributed by atoms with Crippen LogP contribution in [0.25, 0.3) is 0 Å². The molecule has 1 rings (SSSR count). The van der Waals surface area contributed by atoms with Crippen LogP contribution in [0.2, 0.25) is 0 Å². The zero-order valence-corrected chi connectivity index (χ0v) is 10.1. The first-order valence-electron chi connectivity index (χ1n) is 5.20. The fourth-order valence-corrected chi connectivity index (χ4v) is 2.85. The molecule has 1 aliphatic rings. The fraction of sp³-hybridized carbons (Fsp3) is 0.900. The third-order valence-electron chi connectivity index (χ3n) is 2.85. The molecule has 2 atom stereocenters. The Bertz CT molecular complexity index is 215. The minimum atomic E-state index is 0.416. The maximum absolute atomic E-state index is 5.24. The normalized spacial score (nSPS) is 30.9. The highest BCUT2D eigenvalue weighted by Gasteiger charge is 2.32. The molecule has 0 radical (unpaired) electrons. The number of thiocarbonyl (C=S) groups is 1. The summed E-state index contributed by atoms with van der Waals surface area (Å²) in [5, 5.41) is 3.81. The maximum Gasteiger partial charge on any atom is 0.180 e. The molecule has 4 N–H and O–H groups in total. The molecular formula is C10H21N3S. The zero-order chi connectivity index (χ0) is 10.8. The lowest BCUT2D eigenvalue weighted by Crippen LogP contribution is -2.48. The van der Waals surface area contributed by atoms with Crippen LogP contribution in [-0.4, -0.2) is 11.2 Å². The largest absolute Gasteiger partial charge is 0.359 e. The summed E-state index contributed by atoms with van der Waals surface area (Å²) in [4.78, 5) is 0. The van der Waals surface area contributed by atoms with Crippen molar-refractivity contribution in [2.75, 3.05) is 0 Å². The van der Waals surface area contributed by atoms with Gasteiger partial charge in [0.25, 0.3) is 0 Å². The van der Waals surface area contributed by atoms with Gasteiger partial charge in [-0.1, -0.05) is 20.8 Å². The van der Waals surface area contributed by atoms with E-state index < -0.39 is 0 Å². The van der Waals surface area contributed by atoms with Gasteiger partial charge < -0.3 is 10.7 Å². The summed E-state index contributed by atoms with van der Waals surface area (Å²) in [5.41, 5.74) is 2.89. The van der Waals surface area contributed by atoms with Gasteiger partial charge in [-0.2, -0.15) is 0 Å². The number of nitrogens with one attached hydrogen (secondary N) is 2. The van der Waals surface area contributed by atoms with E-state index in [0.717, 1.165) is 5.92 Å². The average molecular weight is 215 g/mol. The molecule has 0 aliphatic heterocycles. The van der Waals surface area contributed by atoms with E-state index in [0.29, 0.717) is 16.6 Å². The minimum absolute atomic E-state index is 0.416. The highest BCUT2D eigenvalue weighted by Crippen LogP contribution is 2.38. The predicted molar refractivity (Wildman–Crippen MR) is 63.6 cm³/mol. The molecule has 1 fully saturated rings. The van der Waals surface area contributed by atoms with Gasteiger partial charge in [-0.15, -0.1) is 0 Å². The third kappa shape index (κ3) is 3.42. The van der Waals surface area contributed by atoms with Crippen molar-refractivity contribution in [3.63, 3.8) is 0 Å². The summed E-state index contributed by atoms with van der Waals surface area (Å²) < 4.78 is 0. The molecule has 0 bridgehead atoms. The third-order valence-corrected chi connectivity index (χ3v) is 3.09. The number of hydrogen-bond donors (Lipinski definition) is 3. The summed E-state index contributed by atoms with van der Waals surface area (Å²) in [6.07, 6.45) is 3.65. The van der Waals surface area contributed by atoms with Crippen molar-refractivity contribution in [2.45, 2.75) is 46.1 Å². The van der Waals surface area contributed by atoms with E-state index in [-0.39, 0.29) is 0 Å². The van der Waals surface area contributed by atoms with E-state index >= 15 is 0 Å². The Kier molecular flexibility index (Phi) is 3.72. The Morgan fingerprint density at radius 1 is 1.43 bits per heavy atom. The van der Waals surface area contributed by atoms with Crippen molar-refractivity contribution >= 4 is 17.3 Å². The van der Waals surface area contributed by atoms with E-state index in [4.69, 9.17) is 18.1 Å². The van der Waals surface area contributed by atoms with Crippen LogP contribution in [0, 0.1) is 11.3 Å². The van der Waals surface area contributed by atoms with E-state index in [1.807, 2.05) is 0 Å². The Hall–Kier alpha value is -0.350. The molecule has 0 aromatic rings. The molecule has 1 saturated carbocycles. The van der Waals surface area contributed by atoms with Crippen LogP contribution >= 0.6 is 12.2 Å². The van der Waals surface area contributed by atoms with Crippen LogP contribution in [0.4, 0.5) is 0 Å². The van der Waals surface area contributed by atoms with E-state index in [9.17, 15) is 0 Å². The van der Waals surface area contributed by atoms with Crippen molar-refractivity contribution in [2.24, 2.45) is 17.2 Å². The van der Waals surface area contributed by atoms with Crippen molar-refractivity contribution in [3.8, 4) is 0 Å². The average Bonchev–Trinajstić information content (AvgIpc) is 1.99. The molecule has 0 amide bonds. The number of rotatable bonds is 1. The number of nitrogens with two attached hydrogens (primary N) is 1. The van der Waals surface area contributed by atoms with Gasteiger partial charge in [0.05, 0.1) is 0 Å². The van der Waals surface area contributed by atoms with Crippen LogP contribution < -0.4 is 16.6 Å². The highest BCUT2D eigenvalue weighted by atomic mass is 32.1. The molecule has 1 aliphatic carbocycles. The van der Waals surface area contributed by atoms with Gasteiger partial charge in [0.15, 0.2) is 5.11 Å². The van der Waals surface area contributed by atoms with Gasteiger partial charge in [0.1, 0.15) is 0 Å². The Labute approximate surface area is 91.8 Å². The molecule has 0 heterocycles. The van der Waals surface area contributed by atoms with Gasteiger partial charge in [0, 0.05) is 6.04 Å². The lowest BCUT2D eigenvalue weighted by molar-refractivity contribution is 0.161. The first-order chi connectivity index (χ1) is 6.43. The zero-order valence-electron chi connectivity index (χ0n) is 9.26. The standard InChI is InChI=1S/C10H21N3S/c1-7-4-8(12-9(14)13-11)6-10(2,3)5-7/h7-8H,4-6,11H2,1-3H3,(H2,12,13,14). The summed E-state index contributed by atoms with van der Waals surface area (Å²) in [7, 11) is 0. The smallest absolute Gasteiger partial charge is 0.180 e. The molecule has 14 heavy (non-hydrogen) atoms. The lowest BCUT2D eigenvalue weighted by Gasteiger charge is -2.39. The lowest BCUT2D eigenvalue weighted by atomic mass is 9.71. The molecule has 0 aromatic heterocycles. The summed E-state index contributed by atoms with van der Waals surface area (Å²) in [5.74, 6) is 6.00. The Morgan fingerprint density at radius 3 is 2.57 bits per heavy atom. The summed E-state index contributed by atoms with van der Waals surface area (Å²) in [6.45, 7) is 6.93. The highest BCUT2D eigenvalue weighted by molar-refractivity contribution is 7.80. The second-order valence-corrected chi connectivity index (χ2v) is 5.64. The quantitative estimate of drug-likeness (QED) is 0.353. The van der Waals surface area contributed by atoms with Crippen molar-refractivity contribution in [3.05, 3.63) is 0 Å². The summed E-state index contributed by atoms with van der Waals surface area (Å²) >= 11 is 5.00.